The van der Waals surface area contributed by atoms with Crippen molar-refractivity contribution in [2.45, 2.75) is 79.1 Å². The first kappa shape index (κ1) is 24.9. The molecule has 0 saturated heterocycles. The molecule has 0 heterocycles. The van der Waals surface area contributed by atoms with E-state index < -0.39 is 5.97 Å². The second-order valence-electron chi connectivity index (χ2n) is 9.83. The van der Waals surface area contributed by atoms with E-state index in [0.717, 1.165) is 37.5 Å². The third-order valence-corrected chi connectivity index (χ3v) is 7.74. The molecule has 4 rings (SSSR count). The number of carboxylic acid groups (broad SMARTS) is 1. The number of esters is 1. The lowest BCUT2D eigenvalue weighted by atomic mass is 9.66. The molecule has 0 amide bonds. The summed E-state index contributed by atoms with van der Waals surface area (Å²) in [6, 6.07) is 10.2. The molecule has 2 aromatic carbocycles. The SMILES string of the molecule is CCC(C)C(=O)O.CCC(C)C(=O)Oc1ccc2c3c(ccc2c1)C1CCC(=O)C1(C)CC3. The average molecular weight is 453 g/mol. The number of hydrogen-bond donors (Lipinski definition) is 1. The van der Waals surface area contributed by atoms with Crippen LogP contribution < -0.4 is 4.74 Å². The second kappa shape index (κ2) is 10.1. The Morgan fingerprint density at radius 3 is 2.39 bits per heavy atom. The summed E-state index contributed by atoms with van der Waals surface area (Å²) in [7, 11) is 0. The lowest BCUT2D eigenvalue weighted by Gasteiger charge is -2.37. The van der Waals surface area contributed by atoms with E-state index in [1.165, 1.54) is 16.5 Å². The molecule has 178 valence electrons. The molecule has 5 heteroatoms. The number of Topliss-reactive ketones (excluding diaryl/α,β-unsaturated/α-hetero) is 1. The van der Waals surface area contributed by atoms with Gasteiger partial charge in [0.15, 0.2) is 0 Å². The van der Waals surface area contributed by atoms with Crippen molar-refractivity contribution in [2.24, 2.45) is 17.3 Å². The van der Waals surface area contributed by atoms with Crippen molar-refractivity contribution >= 4 is 28.5 Å². The van der Waals surface area contributed by atoms with Gasteiger partial charge in [0.1, 0.15) is 11.5 Å². The predicted octanol–water partition coefficient (Wildman–Crippen LogP) is 6.31. The Balaban J connectivity index is 0.000000383. The summed E-state index contributed by atoms with van der Waals surface area (Å²) >= 11 is 0. The van der Waals surface area contributed by atoms with Crippen molar-refractivity contribution in [2.75, 3.05) is 0 Å². The monoisotopic (exact) mass is 452 g/mol. The van der Waals surface area contributed by atoms with Crippen LogP contribution in [0, 0.1) is 17.3 Å². The number of carbonyl (C=O) groups excluding carboxylic acids is 2. The molecule has 4 atom stereocenters. The Bertz CT molecular complexity index is 1060. The van der Waals surface area contributed by atoms with Crippen LogP contribution in [0.25, 0.3) is 10.8 Å². The van der Waals surface area contributed by atoms with Gasteiger partial charge in [-0.1, -0.05) is 52.8 Å². The van der Waals surface area contributed by atoms with Crippen LogP contribution in [0.1, 0.15) is 83.8 Å². The van der Waals surface area contributed by atoms with Crippen LogP contribution >= 0.6 is 0 Å². The Hall–Kier alpha value is -2.69. The van der Waals surface area contributed by atoms with Gasteiger partial charge in [0.2, 0.25) is 0 Å². The maximum atomic E-state index is 12.4. The molecule has 0 spiro atoms. The van der Waals surface area contributed by atoms with E-state index in [0.29, 0.717) is 23.9 Å². The molecule has 33 heavy (non-hydrogen) atoms. The summed E-state index contributed by atoms with van der Waals surface area (Å²) < 4.78 is 5.54. The van der Waals surface area contributed by atoms with Crippen molar-refractivity contribution in [1.29, 1.82) is 0 Å². The summed E-state index contributed by atoms with van der Waals surface area (Å²) in [6.45, 7) is 9.58. The predicted molar refractivity (Wildman–Crippen MR) is 130 cm³/mol. The number of carbonyl (C=O) groups is 3. The molecule has 0 aliphatic heterocycles. The van der Waals surface area contributed by atoms with E-state index in [1.54, 1.807) is 6.92 Å². The number of hydrogen-bond acceptors (Lipinski definition) is 4. The molecule has 0 radical (unpaired) electrons. The van der Waals surface area contributed by atoms with Gasteiger partial charge >= 0.3 is 11.9 Å². The maximum absolute atomic E-state index is 12.4. The smallest absolute Gasteiger partial charge is 0.314 e. The fourth-order valence-corrected chi connectivity index (χ4v) is 4.89. The van der Waals surface area contributed by atoms with E-state index in [2.05, 4.69) is 25.1 Å². The number of fused-ring (bicyclic) bond motifs is 5. The van der Waals surface area contributed by atoms with E-state index >= 15 is 0 Å². The third kappa shape index (κ3) is 4.97. The summed E-state index contributed by atoms with van der Waals surface area (Å²) in [5, 5.41) is 10.5. The van der Waals surface area contributed by atoms with E-state index in [4.69, 9.17) is 9.84 Å². The van der Waals surface area contributed by atoms with Gasteiger partial charge in [-0.15, -0.1) is 0 Å². The molecule has 4 unspecified atom stereocenters. The van der Waals surface area contributed by atoms with Gasteiger partial charge in [0.25, 0.3) is 0 Å². The molecule has 5 nitrogen and oxygen atoms in total. The molecule has 0 bridgehead atoms. The normalized spacial score (nSPS) is 23.1. The average Bonchev–Trinajstić information content (AvgIpc) is 3.12. The van der Waals surface area contributed by atoms with Gasteiger partial charge < -0.3 is 9.84 Å². The Kier molecular flexibility index (Phi) is 7.61. The molecule has 2 aliphatic carbocycles. The number of ketones is 1. The minimum atomic E-state index is -0.706. The topological polar surface area (TPSA) is 80.7 Å². The number of benzene rings is 2. The summed E-state index contributed by atoms with van der Waals surface area (Å²) in [4.78, 5) is 34.4. The van der Waals surface area contributed by atoms with Crippen LogP contribution in [0.3, 0.4) is 0 Å². The van der Waals surface area contributed by atoms with Gasteiger partial charge in [0, 0.05) is 11.8 Å². The lowest BCUT2D eigenvalue weighted by Crippen LogP contribution is -2.32. The fourth-order valence-electron chi connectivity index (χ4n) is 4.89. The first-order valence-electron chi connectivity index (χ1n) is 12.2. The Labute approximate surface area is 196 Å². The van der Waals surface area contributed by atoms with Gasteiger partial charge in [-0.3, -0.25) is 14.4 Å². The standard InChI is InChI=1S/C23H26O3.C5H10O2/c1-4-14(2)22(25)26-16-6-8-17-15(13-16)5-7-19-18(17)11-12-23(3)20(19)9-10-21(23)24;1-3-4(2)5(6)7/h5-8,13-14,20H,4,9-12H2,1-3H3;4H,3H2,1-2H3,(H,6,7). The second-order valence-corrected chi connectivity index (χ2v) is 9.83. The fraction of sp³-hybridized carbons (Fsp3) is 0.536. The molecule has 1 N–H and O–H groups in total. The van der Waals surface area contributed by atoms with E-state index in [1.807, 2.05) is 32.9 Å². The van der Waals surface area contributed by atoms with Crippen LogP contribution in [0.15, 0.2) is 30.3 Å². The highest BCUT2D eigenvalue weighted by molar-refractivity contribution is 5.92. The number of carboxylic acids is 1. The van der Waals surface area contributed by atoms with Crippen LogP contribution in [-0.2, 0) is 20.8 Å². The largest absolute Gasteiger partial charge is 0.481 e. The highest BCUT2D eigenvalue weighted by Crippen LogP contribution is 2.54. The van der Waals surface area contributed by atoms with Crippen LogP contribution in [-0.4, -0.2) is 22.8 Å². The maximum Gasteiger partial charge on any atom is 0.314 e. The number of ether oxygens (including phenoxy) is 1. The number of aryl methyl sites for hydroxylation is 1. The summed E-state index contributed by atoms with van der Waals surface area (Å²) in [5.74, 6) is 0.241. The summed E-state index contributed by atoms with van der Waals surface area (Å²) in [5.41, 5.74) is 2.55. The van der Waals surface area contributed by atoms with Gasteiger partial charge in [-0.25, -0.2) is 0 Å². The van der Waals surface area contributed by atoms with Gasteiger partial charge in [0.05, 0.1) is 11.8 Å². The number of aliphatic carboxylic acids is 1. The minimum absolute atomic E-state index is 0.0909. The molecule has 1 saturated carbocycles. The van der Waals surface area contributed by atoms with Crippen molar-refractivity contribution in [3.8, 4) is 5.75 Å². The van der Waals surface area contributed by atoms with Crippen molar-refractivity contribution in [3.05, 3.63) is 41.5 Å². The first-order chi connectivity index (χ1) is 15.6. The molecular weight excluding hydrogens is 416 g/mol. The van der Waals surface area contributed by atoms with Gasteiger partial charge in [-0.2, -0.15) is 0 Å². The van der Waals surface area contributed by atoms with Crippen molar-refractivity contribution < 1.29 is 24.2 Å². The molecular formula is C28H36O5. The Morgan fingerprint density at radius 2 is 1.79 bits per heavy atom. The zero-order chi connectivity index (χ0) is 24.3. The Morgan fingerprint density at radius 1 is 1.09 bits per heavy atom. The molecule has 2 aliphatic rings. The van der Waals surface area contributed by atoms with Crippen LogP contribution in [0.2, 0.25) is 0 Å². The van der Waals surface area contributed by atoms with E-state index in [9.17, 15) is 14.4 Å². The number of rotatable bonds is 5. The van der Waals surface area contributed by atoms with Crippen molar-refractivity contribution in [3.63, 3.8) is 0 Å². The molecule has 0 aromatic heterocycles. The molecule has 2 aromatic rings. The van der Waals surface area contributed by atoms with E-state index in [-0.39, 0.29) is 23.2 Å². The van der Waals surface area contributed by atoms with Crippen LogP contribution in [0.4, 0.5) is 0 Å². The quantitative estimate of drug-likeness (QED) is 0.425. The van der Waals surface area contributed by atoms with Gasteiger partial charge in [-0.05, 0) is 72.1 Å². The lowest BCUT2D eigenvalue weighted by molar-refractivity contribution is -0.141. The molecule has 1 fully saturated rings. The summed E-state index contributed by atoms with van der Waals surface area (Å²) in [6.07, 6.45) is 5.06. The highest BCUT2D eigenvalue weighted by Gasteiger charge is 2.49. The van der Waals surface area contributed by atoms with Crippen molar-refractivity contribution in [1.82, 2.24) is 0 Å². The highest BCUT2D eigenvalue weighted by atomic mass is 16.5. The third-order valence-electron chi connectivity index (χ3n) is 7.74. The van der Waals surface area contributed by atoms with Crippen LogP contribution in [0.5, 0.6) is 5.75 Å². The zero-order valence-electron chi connectivity index (χ0n) is 20.4. The zero-order valence-corrected chi connectivity index (χ0v) is 20.4. The first-order valence-corrected chi connectivity index (χ1v) is 12.2. The minimum Gasteiger partial charge on any atom is -0.481 e.